The molecule has 0 spiro atoms. The third-order valence-electron chi connectivity index (χ3n) is 4.62. The van der Waals surface area contributed by atoms with E-state index in [1.54, 1.807) is 11.8 Å². The number of carbonyl (C=O) groups is 2. The van der Waals surface area contributed by atoms with Crippen LogP contribution in [0.3, 0.4) is 0 Å². The highest BCUT2D eigenvalue weighted by Gasteiger charge is 2.40. The summed E-state index contributed by atoms with van der Waals surface area (Å²) < 4.78 is 0. The van der Waals surface area contributed by atoms with Crippen molar-refractivity contribution in [3.63, 3.8) is 0 Å². The third kappa shape index (κ3) is 3.45. The first kappa shape index (κ1) is 18.4. The predicted octanol–water partition coefficient (Wildman–Crippen LogP) is 3.10. The molecular weight excluding hydrogens is 372 g/mol. The lowest BCUT2D eigenvalue weighted by Crippen LogP contribution is -2.42. The van der Waals surface area contributed by atoms with Gasteiger partial charge in [-0.1, -0.05) is 54.2 Å². The molecule has 0 radical (unpaired) electrons. The first-order valence-corrected chi connectivity index (χ1v) is 10.0. The monoisotopic (exact) mass is 392 g/mol. The number of thioether (sulfide) groups is 1. The smallest absolute Gasteiger partial charge is 0.258 e. The van der Waals surface area contributed by atoms with Crippen LogP contribution in [-0.4, -0.2) is 39.0 Å². The summed E-state index contributed by atoms with van der Waals surface area (Å²) in [5.41, 5.74) is 2.64. The van der Waals surface area contributed by atoms with E-state index < -0.39 is 11.3 Å². The highest BCUT2D eigenvalue weighted by molar-refractivity contribution is 8.15. The van der Waals surface area contributed by atoms with Gasteiger partial charge in [0.05, 0.1) is 10.9 Å². The van der Waals surface area contributed by atoms with Crippen LogP contribution < -0.4 is 5.32 Å². The summed E-state index contributed by atoms with van der Waals surface area (Å²) in [6.45, 7) is 4.05. The van der Waals surface area contributed by atoms with Gasteiger partial charge in [0.2, 0.25) is 5.91 Å². The second-order valence-electron chi connectivity index (χ2n) is 6.68. The SMILES string of the molecule is CC1N=C2c3ccccc3N=C(SC(C)C(=O)NCc3ccccc3)N2C1=O. The summed E-state index contributed by atoms with van der Waals surface area (Å²) >= 11 is 1.27. The molecule has 0 aliphatic carbocycles. The van der Waals surface area contributed by atoms with Crippen LogP contribution in [0.4, 0.5) is 5.69 Å². The highest BCUT2D eigenvalue weighted by Crippen LogP contribution is 2.34. The first-order valence-electron chi connectivity index (χ1n) is 9.13. The number of amidine groups is 2. The molecule has 2 heterocycles. The van der Waals surface area contributed by atoms with Crippen molar-refractivity contribution in [1.82, 2.24) is 10.2 Å². The number of nitrogens with zero attached hydrogens (tertiary/aromatic N) is 3. The lowest BCUT2D eigenvalue weighted by atomic mass is 10.1. The van der Waals surface area contributed by atoms with Crippen LogP contribution in [0, 0.1) is 0 Å². The van der Waals surface area contributed by atoms with E-state index in [2.05, 4.69) is 15.3 Å². The van der Waals surface area contributed by atoms with Crippen molar-refractivity contribution in [2.24, 2.45) is 9.98 Å². The Morgan fingerprint density at radius 1 is 1.18 bits per heavy atom. The van der Waals surface area contributed by atoms with Gasteiger partial charge in [0.15, 0.2) is 5.17 Å². The van der Waals surface area contributed by atoms with Crippen LogP contribution >= 0.6 is 11.8 Å². The maximum absolute atomic E-state index is 12.6. The Morgan fingerprint density at radius 2 is 1.89 bits per heavy atom. The molecule has 0 bridgehead atoms. The molecule has 2 aliphatic heterocycles. The number of fused-ring (bicyclic) bond motifs is 3. The molecule has 2 aromatic carbocycles. The molecule has 0 aromatic heterocycles. The largest absolute Gasteiger partial charge is 0.351 e. The molecule has 4 rings (SSSR count). The van der Waals surface area contributed by atoms with E-state index in [-0.39, 0.29) is 11.8 Å². The van der Waals surface area contributed by atoms with Gasteiger partial charge in [0.1, 0.15) is 11.9 Å². The molecule has 0 saturated heterocycles. The van der Waals surface area contributed by atoms with E-state index in [4.69, 9.17) is 0 Å². The molecular formula is C21H20N4O2S. The van der Waals surface area contributed by atoms with Crippen molar-refractivity contribution >= 4 is 40.3 Å². The predicted molar refractivity (Wildman–Crippen MR) is 112 cm³/mol. The lowest BCUT2D eigenvalue weighted by molar-refractivity contribution is -0.124. The zero-order valence-electron chi connectivity index (χ0n) is 15.6. The number of amides is 2. The average Bonchev–Trinajstić information content (AvgIpc) is 3.02. The maximum atomic E-state index is 12.6. The summed E-state index contributed by atoms with van der Waals surface area (Å²) in [4.78, 5) is 35.9. The van der Waals surface area contributed by atoms with E-state index in [9.17, 15) is 9.59 Å². The molecule has 142 valence electrons. The van der Waals surface area contributed by atoms with E-state index in [0.29, 0.717) is 17.5 Å². The number of para-hydroxylation sites is 1. The number of hydrogen-bond donors (Lipinski definition) is 1. The molecule has 2 atom stereocenters. The van der Waals surface area contributed by atoms with Crippen molar-refractivity contribution in [2.45, 2.75) is 31.7 Å². The lowest BCUT2D eigenvalue weighted by Gasteiger charge is -2.26. The first-order chi connectivity index (χ1) is 13.5. The van der Waals surface area contributed by atoms with Crippen LogP contribution in [0.5, 0.6) is 0 Å². The molecule has 1 N–H and O–H groups in total. The topological polar surface area (TPSA) is 74.1 Å². The Kier molecular flexibility index (Phi) is 5.00. The molecule has 7 heteroatoms. The Labute approximate surface area is 167 Å². The Bertz CT molecular complexity index is 987. The van der Waals surface area contributed by atoms with Crippen molar-refractivity contribution in [2.75, 3.05) is 0 Å². The fourth-order valence-electron chi connectivity index (χ4n) is 3.10. The van der Waals surface area contributed by atoms with Crippen LogP contribution in [0.25, 0.3) is 0 Å². The van der Waals surface area contributed by atoms with Gasteiger partial charge in [0.25, 0.3) is 5.91 Å². The van der Waals surface area contributed by atoms with Crippen LogP contribution in [0.1, 0.15) is 25.0 Å². The fourth-order valence-corrected chi connectivity index (χ4v) is 4.03. The van der Waals surface area contributed by atoms with Gasteiger partial charge < -0.3 is 5.32 Å². The Morgan fingerprint density at radius 3 is 2.68 bits per heavy atom. The highest BCUT2D eigenvalue weighted by atomic mass is 32.2. The quantitative estimate of drug-likeness (QED) is 0.869. The molecule has 6 nitrogen and oxygen atoms in total. The second kappa shape index (κ2) is 7.59. The minimum atomic E-state index is -0.450. The minimum absolute atomic E-state index is 0.103. The third-order valence-corrected chi connectivity index (χ3v) is 5.67. The molecule has 0 fully saturated rings. The number of rotatable bonds is 4. The van der Waals surface area contributed by atoms with Crippen molar-refractivity contribution < 1.29 is 9.59 Å². The normalized spacial score (nSPS) is 18.7. The maximum Gasteiger partial charge on any atom is 0.258 e. The summed E-state index contributed by atoms with van der Waals surface area (Å²) in [5, 5.41) is 3.03. The molecule has 2 unspecified atom stereocenters. The van der Waals surface area contributed by atoms with Gasteiger partial charge in [-0.25, -0.2) is 9.89 Å². The van der Waals surface area contributed by atoms with Crippen molar-refractivity contribution in [3.05, 3.63) is 65.7 Å². The van der Waals surface area contributed by atoms with E-state index in [0.717, 1.165) is 16.8 Å². The summed E-state index contributed by atoms with van der Waals surface area (Å²) in [7, 11) is 0. The van der Waals surface area contributed by atoms with Gasteiger partial charge in [-0.3, -0.25) is 14.6 Å². The van der Waals surface area contributed by atoms with E-state index >= 15 is 0 Å². The number of carbonyl (C=O) groups excluding carboxylic acids is 2. The van der Waals surface area contributed by atoms with Crippen LogP contribution in [0.2, 0.25) is 0 Å². The summed E-state index contributed by atoms with van der Waals surface area (Å²) in [5.74, 6) is 0.392. The van der Waals surface area contributed by atoms with Crippen LogP contribution in [-0.2, 0) is 16.1 Å². The van der Waals surface area contributed by atoms with Gasteiger partial charge in [0, 0.05) is 12.1 Å². The minimum Gasteiger partial charge on any atom is -0.351 e. The number of hydrogen-bond acceptors (Lipinski definition) is 5. The van der Waals surface area contributed by atoms with Gasteiger partial charge in [-0.2, -0.15) is 0 Å². The number of benzene rings is 2. The zero-order valence-corrected chi connectivity index (χ0v) is 16.4. The van der Waals surface area contributed by atoms with Crippen molar-refractivity contribution in [3.8, 4) is 0 Å². The summed E-state index contributed by atoms with van der Waals surface area (Å²) in [6, 6.07) is 16.9. The van der Waals surface area contributed by atoms with Gasteiger partial charge in [-0.15, -0.1) is 0 Å². The average molecular weight is 392 g/mol. The number of nitrogens with one attached hydrogen (secondary N) is 1. The molecule has 2 aromatic rings. The molecule has 28 heavy (non-hydrogen) atoms. The Balaban J connectivity index is 1.52. The van der Waals surface area contributed by atoms with Gasteiger partial charge >= 0.3 is 0 Å². The standard InChI is InChI=1S/C21H20N4O2S/c1-13-20(27)25-18(23-13)16-10-6-7-11-17(16)24-21(25)28-14(2)19(26)22-12-15-8-4-3-5-9-15/h3-11,13-14H,12H2,1-2H3,(H,22,26). The van der Waals surface area contributed by atoms with Gasteiger partial charge in [-0.05, 0) is 31.5 Å². The van der Waals surface area contributed by atoms with E-state index in [1.807, 2.05) is 61.5 Å². The second-order valence-corrected chi connectivity index (χ2v) is 7.99. The number of aliphatic imine (C=N–C) groups is 2. The fraction of sp³-hybridized carbons (Fsp3) is 0.238. The Hall–Kier alpha value is -2.93. The van der Waals surface area contributed by atoms with E-state index in [1.165, 1.54) is 11.8 Å². The molecule has 0 saturated carbocycles. The zero-order chi connectivity index (χ0) is 19.7. The van der Waals surface area contributed by atoms with Crippen LogP contribution in [0.15, 0.2) is 64.6 Å². The molecule has 2 amide bonds. The van der Waals surface area contributed by atoms with Crippen molar-refractivity contribution in [1.29, 1.82) is 0 Å². The molecule has 2 aliphatic rings. The summed E-state index contributed by atoms with van der Waals surface area (Å²) in [6.07, 6.45) is 0.